The third-order valence-corrected chi connectivity index (χ3v) is 3.62. The fourth-order valence-corrected chi connectivity index (χ4v) is 2.01. The second-order valence-electron chi connectivity index (χ2n) is 6.34. The zero-order valence-electron chi connectivity index (χ0n) is 11.6. The number of carbonyl (C=O) groups is 1. The van der Waals surface area contributed by atoms with E-state index in [0.717, 1.165) is 19.6 Å². The van der Waals surface area contributed by atoms with Crippen molar-refractivity contribution in [3.8, 4) is 0 Å². The Morgan fingerprint density at radius 2 is 1.94 bits per heavy atom. The number of likely N-dealkylation sites (tertiary alicyclic amines) is 1. The molecule has 0 saturated carbocycles. The van der Waals surface area contributed by atoms with E-state index in [2.05, 4.69) is 17.3 Å². The molecule has 100 valence electrons. The van der Waals surface area contributed by atoms with Crippen LogP contribution in [0.3, 0.4) is 0 Å². The number of amides is 1. The van der Waals surface area contributed by atoms with Gasteiger partial charge in [0.2, 0.25) is 5.91 Å². The highest BCUT2D eigenvalue weighted by Gasteiger charge is 2.27. The molecule has 0 aromatic carbocycles. The molecule has 3 N–H and O–H groups in total. The summed E-state index contributed by atoms with van der Waals surface area (Å²) in [6, 6.07) is -0.422. The number of hydrogen-bond acceptors (Lipinski definition) is 3. The van der Waals surface area contributed by atoms with Gasteiger partial charge < -0.3 is 16.0 Å². The average molecular weight is 241 g/mol. The number of nitrogens with two attached hydrogens (primary N) is 1. The van der Waals surface area contributed by atoms with Crippen molar-refractivity contribution in [1.29, 1.82) is 0 Å². The highest BCUT2D eigenvalue weighted by molar-refractivity contribution is 5.82. The summed E-state index contributed by atoms with van der Waals surface area (Å²) in [5.41, 5.74) is 5.74. The molecule has 0 aromatic rings. The van der Waals surface area contributed by atoms with Gasteiger partial charge in [-0.05, 0) is 44.3 Å². The van der Waals surface area contributed by atoms with Crippen molar-refractivity contribution in [3.05, 3.63) is 0 Å². The van der Waals surface area contributed by atoms with Crippen LogP contribution >= 0.6 is 0 Å². The number of nitrogens with zero attached hydrogens (tertiary/aromatic N) is 1. The molecule has 1 fully saturated rings. The Morgan fingerprint density at radius 1 is 1.41 bits per heavy atom. The summed E-state index contributed by atoms with van der Waals surface area (Å²) in [6.07, 6.45) is 2.34. The molecule has 1 heterocycles. The molecule has 0 spiro atoms. The Hall–Kier alpha value is -0.610. The predicted molar refractivity (Wildman–Crippen MR) is 70.7 cm³/mol. The molecule has 4 nitrogen and oxygen atoms in total. The van der Waals surface area contributed by atoms with Crippen molar-refractivity contribution in [2.24, 2.45) is 17.1 Å². The van der Waals surface area contributed by atoms with Crippen molar-refractivity contribution >= 4 is 5.91 Å². The maximum absolute atomic E-state index is 11.9. The van der Waals surface area contributed by atoms with E-state index in [-0.39, 0.29) is 11.3 Å². The van der Waals surface area contributed by atoms with Crippen LogP contribution in [0.15, 0.2) is 0 Å². The molecule has 4 heteroatoms. The number of piperidine rings is 1. The van der Waals surface area contributed by atoms with Gasteiger partial charge in [-0.2, -0.15) is 0 Å². The third-order valence-electron chi connectivity index (χ3n) is 3.62. The van der Waals surface area contributed by atoms with Gasteiger partial charge in [-0.25, -0.2) is 0 Å². The van der Waals surface area contributed by atoms with Gasteiger partial charge in [-0.3, -0.25) is 4.79 Å². The first kappa shape index (κ1) is 14.5. The molecule has 0 bridgehead atoms. The van der Waals surface area contributed by atoms with E-state index in [1.54, 1.807) is 0 Å². The van der Waals surface area contributed by atoms with E-state index in [4.69, 9.17) is 5.73 Å². The van der Waals surface area contributed by atoms with Crippen molar-refractivity contribution in [2.75, 3.05) is 26.7 Å². The van der Waals surface area contributed by atoms with Gasteiger partial charge in [-0.1, -0.05) is 20.8 Å². The molecule has 1 aliphatic rings. The lowest BCUT2D eigenvalue weighted by molar-refractivity contribution is -0.124. The van der Waals surface area contributed by atoms with Gasteiger partial charge in [-0.15, -0.1) is 0 Å². The Labute approximate surface area is 105 Å². The van der Waals surface area contributed by atoms with Crippen LogP contribution in [0.2, 0.25) is 0 Å². The second-order valence-corrected chi connectivity index (χ2v) is 6.34. The normalized spacial score (nSPS) is 21.2. The van der Waals surface area contributed by atoms with Crippen LogP contribution in [-0.2, 0) is 4.79 Å². The summed E-state index contributed by atoms with van der Waals surface area (Å²) in [5.74, 6) is 0.596. The summed E-state index contributed by atoms with van der Waals surface area (Å²) < 4.78 is 0. The van der Waals surface area contributed by atoms with E-state index >= 15 is 0 Å². The number of hydrogen-bond donors (Lipinski definition) is 2. The van der Waals surface area contributed by atoms with Gasteiger partial charge >= 0.3 is 0 Å². The molecule has 1 amide bonds. The van der Waals surface area contributed by atoms with Crippen LogP contribution < -0.4 is 11.1 Å². The Balaban J connectivity index is 2.29. The molecule has 0 aliphatic carbocycles. The molecule has 0 aromatic heterocycles. The minimum atomic E-state index is -0.422. The molecule has 1 saturated heterocycles. The van der Waals surface area contributed by atoms with E-state index in [9.17, 15) is 4.79 Å². The highest BCUT2D eigenvalue weighted by atomic mass is 16.2. The van der Waals surface area contributed by atoms with Crippen LogP contribution in [0.1, 0.15) is 33.6 Å². The van der Waals surface area contributed by atoms with Crippen LogP contribution in [0.4, 0.5) is 0 Å². The first-order chi connectivity index (χ1) is 7.80. The maximum atomic E-state index is 11.9. The van der Waals surface area contributed by atoms with Crippen LogP contribution in [0, 0.1) is 11.3 Å². The minimum absolute atomic E-state index is 0.0172. The lowest BCUT2D eigenvalue weighted by Crippen LogP contribution is -2.50. The zero-order chi connectivity index (χ0) is 13.1. The van der Waals surface area contributed by atoms with Crippen molar-refractivity contribution < 1.29 is 4.79 Å². The standard InChI is InChI=1S/C13H27N3O/c1-13(2,3)11(14)12(17)15-9-10-5-7-16(4)8-6-10/h10-11H,5-9,14H2,1-4H3,(H,15,17)/t11-/m0/s1. The van der Waals surface area contributed by atoms with Crippen molar-refractivity contribution in [1.82, 2.24) is 10.2 Å². The maximum Gasteiger partial charge on any atom is 0.237 e. The van der Waals surface area contributed by atoms with Crippen LogP contribution in [0.5, 0.6) is 0 Å². The Kier molecular flexibility index (Phi) is 4.95. The first-order valence-corrected chi connectivity index (χ1v) is 6.52. The van der Waals surface area contributed by atoms with Gasteiger partial charge in [0, 0.05) is 6.54 Å². The SMILES string of the molecule is CN1CCC(CNC(=O)[C@H](N)C(C)(C)C)CC1. The minimum Gasteiger partial charge on any atom is -0.354 e. The first-order valence-electron chi connectivity index (χ1n) is 6.52. The Bertz CT molecular complexity index is 252. The molecule has 17 heavy (non-hydrogen) atoms. The molecule has 0 radical (unpaired) electrons. The summed E-state index contributed by atoms with van der Waals surface area (Å²) in [4.78, 5) is 14.2. The monoisotopic (exact) mass is 241 g/mol. The molecule has 1 atom stereocenters. The number of carbonyl (C=O) groups excluding carboxylic acids is 1. The smallest absolute Gasteiger partial charge is 0.237 e. The zero-order valence-corrected chi connectivity index (χ0v) is 11.6. The summed E-state index contributed by atoms with van der Waals surface area (Å²) in [7, 11) is 2.14. The molecular formula is C13H27N3O. The lowest BCUT2D eigenvalue weighted by Gasteiger charge is -2.30. The largest absolute Gasteiger partial charge is 0.354 e. The van der Waals surface area contributed by atoms with E-state index in [1.165, 1.54) is 12.8 Å². The van der Waals surface area contributed by atoms with Crippen molar-refractivity contribution in [2.45, 2.75) is 39.7 Å². The fourth-order valence-electron chi connectivity index (χ4n) is 2.01. The molecule has 1 rings (SSSR count). The third kappa shape index (κ3) is 4.64. The summed E-state index contributed by atoms with van der Waals surface area (Å²) in [6.45, 7) is 9.01. The molecule has 0 unspecified atom stereocenters. The summed E-state index contributed by atoms with van der Waals surface area (Å²) in [5, 5.41) is 2.99. The van der Waals surface area contributed by atoms with Gasteiger partial charge in [0.25, 0.3) is 0 Å². The lowest BCUT2D eigenvalue weighted by atomic mass is 9.86. The van der Waals surface area contributed by atoms with Gasteiger partial charge in [0.05, 0.1) is 6.04 Å². The topological polar surface area (TPSA) is 58.4 Å². The van der Waals surface area contributed by atoms with E-state index in [0.29, 0.717) is 5.92 Å². The fraction of sp³-hybridized carbons (Fsp3) is 0.923. The van der Waals surface area contributed by atoms with E-state index < -0.39 is 6.04 Å². The van der Waals surface area contributed by atoms with Crippen molar-refractivity contribution in [3.63, 3.8) is 0 Å². The molecular weight excluding hydrogens is 214 g/mol. The summed E-state index contributed by atoms with van der Waals surface area (Å²) >= 11 is 0. The quantitative estimate of drug-likeness (QED) is 0.769. The molecule has 1 aliphatic heterocycles. The highest BCUT2D eigenvalue weighted by Crippen LogP contribution is 2.18. The van der Waals surface area contributed by atoms with Crippen LogP contribution in [0.25, 0.3) is 0 Å². The van der Waals surface area contributed by atoms with E-state index in [1.807, 2.05) is 20.8 Å². The predicted octanol–water partition coefficient (Wildman–Crippen LogP) is 0.818. The second kappa shape index (κ2) is 5.83. The average Bonchev–Trinajstić information content (AvgIpc) is 2.25. The van der Waals surface area contributed by atoms with Gasteiger partial charge in [0.15, 0.2) is 0 Å². The van der Waals surface area contributed by atoms with Gasteiger partial charge in [0.1, 0.15) is 0 Å². The number of nitrogens with one attached hydrogen (secondary N) is 1. The number of rotatable bonds is 3. The van der Waals surface area contributed by atoms with Crippen LogP contribution in [-0.4, -0.2) is 43.5 Å². The Morgan fingerprint density at radius 3 is 2.41 bits per heavy atom.